The van der Waals surface area contributed by atoms with Crippen molar-refractivity contribution in [3.05, 3.63) is 0 Å². The summed E-state index contributed by atoms with van der Waals surface area (Å²) in [6.45, 7) is 2.59. The molecule has 0 aromatic carbocycles. The number of unbranched alkanes of at least 4 members (excludes halogenated alkanes) is 2. The van der Waals surface area contributed by atoms with Crippen LogP contribution < -0.4 is 0 Å². The van der Waals surface area contributed by atoms with Gasteiger partial charge in [-0.1, -0.05) is 19.8 Å². The molecule has 0 heterocycles. The van der Waals surface area contributed by atoms with Crippen molar-refractivity contribution < 1.29 is 29.9 Å². The summed E-state index contributed by atoms with van der Waals surface area (Å²) in [6, 6.07) is 0. The molecule has 3 N–H and O–H groups in total. The molecule has 0 spiro atoms. The number of hydrogen-bond acceptors (Lipinski definition) is 4. The van der Waals surface area contributed by atoms with Crippen LogP contribution in [0.4, 0.5) is 0 Å². The maximum absolute atomic E-state index is 9.79. The first-order chi connectivity index (χ1) is 7.54. The molecule has 0 unspecified atom stereocenters. The number of carboxylic acids is 2. The Kier molecular flexibility index (Phi) is 15.0. The molecule has 0 aromatic heterocycles. The number of carboxylic acid groups (broad SMARTS) is 2. The average Bonchev–Trinajstić information content (AvgIpc) is 2.18. The maximum Gasteiger partial charge on any atom is 0.303 e. The highest BCUT2D eigenvalue weighted by molar-refractivity contribution is 5.69. The average molecular weight is 236 g/mol. The van der Waals surface area contributed by atoms with E-state index in [9.17, 15) is 9.59 Å². The van der Waals surface area contributed by atoms with E-state index in [1.807, 2.05) is 0 Å². The van der Waals surface area contributed by atoms with E-state index in [4.69, 9.17) is 15.5 Å². The molecule has 16 heavy (non-hydrogen) atoms. The minimum atomic E-state index is -0.948. The quantitative estimate of drug-likeness (QED) is 0.338. The van der Waals surface area contributed by atoms with Crippen LogP contribution in [-0.4, -0.2) is 34.0 Å². The van der Waals surface area contributed by atoms with Crippen LogP contribution in [0.3, 0.4) is 0 Å². The van der Waals surface area contributed by atoms with E-state index < -0.39 is 11.9 Å². The van der Waals surface area contributed by atoms with Gasteiger partial charge in [0.05, 0.1) is 6.61 Å². The Morgan fingerprint density at radius 3 is 1.81 bits per heavy atom. The lowest BCUT2D eigenvalue weighted by molar-refractivity contribution is -0.242. The molecule has 0 aromatic rings. The highest BCUT2D eigenvalue weighted by Gasteiger charge is 1.99. The second-order valence-corrected chi connectivity index (χ2v) is 3.18. The minimum Gasteiger partial charge on any atom is -0.481 e. The molecule has 0 aliphatic carbocycles. The topological polar surface area (TPSA) is 104 Å². The number of rotatable bonds is 8. The summed E-state index contributed by atoms with van der Waals surface area (Å²) >= 11 is 0. The van der Waals surface area contributed by atoms with Crippen LogP contribution in [0, 0.1) is 0 Å². The fourth-order valence-corrected chi connectivity index (χ4v) is 0.807. The third-order valence-corrected chi connectivity index (χ3v) is 1.62. The van der Waals surface area contributed by atoms with Crippen molar-refractivity contribution in [3.8, 4) is 0 Å². The maximum atomic E-state index is 9.79. The molecular weight excluding hydrogens is 216 g/mol. The zero-order valence-corrected chi connectivity index (χ0v) is 9.52. The summed E-state index contributed by atoms with van der Waals surface area (Å²) < 4.78 is 0. The van der Waals surface area contributed by atoms with Crippen molar-refractivity contribution >= 4 is 11.9 Å². The first kappa shape index (κ1) is 17.3. The standard InChI is InChI=1S/C5H8O4.C5H12O2/c6-4(7)2-1-3-5(8)9;1-2-3-4-5-7-6/h1-3H2,(H,6,7)(H,8,9);6H,2-5H2,1H3. The fraction of sp³-hybridized carbons (Fsp3) is 0.800. The molecule has 0 radical (unpaired) electrons. The monoisotopic (exact) mass is 236 g/mol. The fourth-order valence-electron chi connectivity index (χ4n) is 0.807. The van der Waals surface area contributed by atoms with Gasteiger partial charge in [-0.2, -0.15) is 0 Å². The Hall–Kier alpha value is -1.14. The molecule has 0 aliphatic rings. The van der Waals surface area contributed by atoms with E-state index in [2.05, 4.69) is 11.8 Å². The second-order valence-electron chi connectivity index (χ2n) is 3.18. The highest BCUT2D eigenvalue weighted by atomic mass is 17.1. The number of carbonyl (C=O) groups is 2. The zero-order chi connectivity index (χ0) is 12.8. The van der Waals surface area contributed by atoms with Gasteiger partial charge in [0.25, 0.3) is 0 Å². The van der Waals surface area contributed by atoms with Crippen molar-refractivity contribution in [3.63, 3.8) is 0 Å². The zero-order valence-electron chi connectivity index (χ0n) is 9.52. The highest BCUT2D eigenvalue weighted by Crippen LogP contribution is 1.93. The Labute approximate surface area is 94.8 Å². The van der Waals surface area contributed by atoms with Crippen molar-refractivity contribution in [1.82, 2.24) is 0 Å². The van der Waals surface area contributed by atoms with Crippen molar-refractivity contribution in [1.29, 1.82) is 0 Å². The van der Waals surface area contributed by atoms with Crippen LogP contribution in [0.5, 0.6) is 0 Å². The molecule has 0 amide bonds. The summed E-state index contributed by atoms with van der Waals surface area (Å²) in [5.41, 5.74) is 0. The third-order valence-electron chi connectivity index (χ3n) is 1.62. The summed E-state index contributed by atoms with van der Waals surface area (Å²) in [5, 5.41) is 23.9. The predicted octanol–water partition coefficient (Wildman–Crippen LogP) is 1.99. The van der Waals surface area contributed by atoms with Gasteiger partial charge >= 0.3 is 11.9 Å². The lowest BCUT2D eigenvalue weighted by Gasteiger charge is -1.90. The summed E-state index contributed by atoms with van der Waals surface area (Å²) in [5.74, 6) is -1.90. The van der Waals surface area contributed by atoms with Gasteiger partial charge in [0, 0.05) is 12.8 Å². The van der Waals surface area contributed by atoms with E-state index in [1.54, 1.807) is 0 Å². The van der Waals surface area contributed by atoms with Gasteiger partial charge in [-0.25, -0.2) is 4.89 Å². The number of hydrogen-bond donors (Lipinski definition) is 3. The molecule has 0 rings (SSSR count). The number of aliphatic carboxylic acids is 2. The molecule has 6 nitrogen and oxygen atoms in total. The molecule has 0 bridgehead atoms. The molecular formula is C10H20O6. The Balaban J connectivity index is 0. The van der Waals surface area contributed by atoms with Crippen LogP contribution in [0.15, 0.2) is 0 Å². The molecule has 0 saturated heterocycles. The van der Waals surface area contributed by atoms with Gasteiger partial charge in [-0.3, -0.25) is 14.8 Å². The Bertz CT molecular complexity index is 162. The Morgan fingerprint density at radius 1 is 1.00 bits per heavy atom. The second kappa shape index (κ2) is 13.9. The van der Waals surface area contributed by atoms with Gasteiger partial charge in [-0.15, -0.1) is 0 Å². The summed E-state index contributed by atoms with van der Waals surface area (Å²) in [7, 11) is 0. The molecule has 0 atom stereocenters. The van der Waals surface area contributed by atoms with Crippen molar-refractivity contribution in [2.75, 3.05) is 6.61 Å². The molecule has 0 fully saturated rings. The third kappa shape index (κ3) is 23.0. The predicted molar refractivity (Wildman–Crippen MR) is 57.2 cm³/mol. The van der Waals surface area contributed by atoms with Crippen LogP contribution >= 0.6 is 0 Å². The Morgan fingerprint density at radius 2 is 1.50 bits per heavy atom. The van der Waals surface area contributed by atoms with E-state index in [0.717, 1.165) is 12.8 Å². The lowest BCUT2D eigenvalue weighted by Crippen LogP contribution is -1.98. The summed E-state index contributed by atoms with van der Waals surface area (Å²) in [4.78, 5) is 23.4. The van der Waals surface area contributed by atoms with Gasteiger partial charge in [0.1, 0.15) is 0 Å². The van der Waals surface area contributed by atoms with Crippen LogP contribution in [0.25, 0.3) is 0 Å². The normalized spacial score (nSPS) is 9.12. The lowest BCUT2D eigenvalue weighted by atomic mass is 10.2. The van der Waals surface area contributed by atoms with Gasteiger partial charge in [0.15, 0.2) is 0 Å². The molecule has 0 saturated carbocycles. The smallest absolute Gasteiger partial charge is 0.303 e. The van der Waals surface area contributed by atoms with Gasteiger partial charge in [0.2, 0.25) is 0 Å². The minimum absolute atomic E-state index is 0.0632. The van der Waals surface area contributed by atoms with E-state index >= 15 is 0 Å². The first-order valence-corrected chi connectivity index (χ1v) is 5.24. The van der Waals surface area contributed by atoms with E-state index in [1.165, 1.54) is 6.42 Å². The van der Waals surface area contributed by atoms with Gasteiger partial charge in [-0.05, 0) is 12.8 Å². The summed E-state index contributed by atoms with van der Waals surface area (Å²) in [6.07, 6.45) is 3.36. The SMILES string of the molecule is CCCCCOO.O=C(O)CCCC(=O)O. The van der Waals surface area contributed by atoms with E-state index in [0.29, 0.717) is 6.61 Å². The molecule has 0 aliphatic heterocycles. The van der Waals surface area contributed by atoms with Gasteiger partial charge < -0.3 is 10.2 Å². The van der Waals surface area contributed by atoms with Crippen LogP contribution in [0.1, 0.15) is 45.4 Å². The van der Waals surface area contributed by atoms with E-state index in [-0.39, 0.29) is 19.3 Å². The van der Waals surface area contributed by atoms with Crippen molar-refractivity contribution in [2.24, 2.45) is 0 Å². The largest absolute Gasteiger partial charge is 0.481 e. The van der Waals surface area contributed by atoms with Crippen molar-refractivity contribution in [2.45, 2.75) is 45.4 Å². The first-order valence-electron chi connectivity index (χ1n) is 5.24. The molecule has 96 valence electrons. The van der Waals surface area contributed by atoms with Crippen LogP contribution in [-0.2, 0) is 14.5 Å². The van der Waals surface area contributed by atoms with Crippen LogP contribution in [0.2, 0.25) is 0 Å². The molecule has 6 heteroatoms.